The van der Waals surface area contributed by atoms with Gasteiger partial charge < -0.3 is 4.90 Å². The molecule has 0 radical (unpaired) electrons. The van der Waals surface area contributed by atoms with Crippen molar-refractivity contribution in [2.24, 2.45) is 5.92 Å². The summed E-state index contributed by atoms with van der Waals surface area (Å²) in [7, 11) is -3.70. The van der Waals surface area contributed by atoms with Gasteiger partial charge in [-0.2, -0.15) is 13.2 Å². The molecule has 1 unspecified atom stereocenters. The summed E-state index contributed by atoms with van der Waals surface area (Å²) < 4.78 is 65.6. The van der Waals surface area contributed by atoms with E-state index < -0.39 is 28.0 Å². The fourth-order valence-corrected chi connectivity index (χ4v) is 4.97. The van der Waals surface area contributed by atoms with Crippen LogP contribution in [0.15, 0.2) is 46.0 Å². The van der Waals surface area contributed by atoms with E-state index in [9.17, 15) is 26.4 Å². The number of amides is 1. The Kier molecular flexibility index (Phi) is 5.48. The number of piperidine rings is 1. The van der Waals surface area contributed by atoms with Gasteiger partial charge in [-0.1, -0.05) is 6.07 Å². The van der Waals surface area contributed by atoms with Crippen LogP contribution >= 0.6 is 11.3 Å². The summed E-state index contributed by atoms with van der Waals surface area (Å²) in [6.45, 7) is -0.0761. The number of halogens is 3. The van der Waals surface area contributed by atoms with E-state index in [1.54, 1.807) is 11.4 Å². The molecule has 1 aromatic carbocycles. The molecular formula is C17H17F3N2O3S2. The van der Waals surface area contributed by atoms with Crippen LogP contribution in [0.4, 0.5) is 18.9 Å². The smallest absolute Gasteiger partial charge is 0.338 e. The summed E-state index contributed by atoms with van der Waals surface area (Å²) in [5.74, 6) is -2.00. The second-order valence-electron chi connectivity index (χ2n) is 6.25. The van der Waals surface area contributed by atoms with Crippen molar-refractivity contribution in [3.63, 3.8) is 0 Å². The number of nitrogens with one attached hydrogen (secondary N) is 1. The van der Waals surface area contributed by atoms with Crippen molar-refractivity contribution in [2.45, 2.75) is 23.2 Å². The predicted molar refractivity (Wildman–Crippen MR) is 96.3 cm³/mol. The molecule has 0 saturated carbocycles. The first-order valence-electron chi connectivity index (χ1n) is 8.19. The predicted octanol–water partition coefficient (Wildman–Crippen LogP) is 3.96. The van der Waals surface area contributed by atoms with Crippen molar-refractivity contribution >= 4 is 33.0 Å². The van der Waals surface area contributed by atoms with E-state index in [4.69, 9.17) is 0 Å². The minimum Gasteiger partial charge on any atom is -0.338 e. The van der Waals surface area contributed by atoms with Gasteiger partial charge in [0.25, 0.3) is 15.9 Å². The Morgan fingerprint density at radius 1 is 1.19 bits per heavy atom. The largest absolute Gasteiger partial charge is 0.393 e. The summed E-state index contributed by atoms with van der Waals surface area (Å²) in [5, 5.41) is 1.64. The Morgan fingerprint density at radius 2 is 1.89 bits per heavy atom. The Morgan fingerprint density at radius 3 is 2.48 bits per heavy atom. The number of carbonyl (C=O) groups excluding carboxylic acids is 1. The molecule has 27 heavy (non-hydrogen) atoms. The summed E-state index contributed by atoms with van der Waals surface area (Å²) in [6, 6.07) is 8.75. The normalized spacial score (nSPS) is 18.3. The Balaban J connectivity index is 1.69. The van der Waals surface area contributed by atoms with Gasteiger partial charge in [0.15, 0.2) is 0 Å². The highest BCUT2D eigenvalue weighted by Crippen LogP contribution is 2.33. The first-order chi connectivity index (χ1) is 12.7. The second-order valence-corrected chi connectivity index (χ2v) is 9.10. The van der Waals surface area contributed by atoms with Crippen molar-refractivity contribution in [3.05, 3.63) is 47.3 Å². The molecule has 0 bridgehead atoms. The molecule has 1 aliphatic rings. The van der Waals surface area contributed by atoms with Crippen molar-refractivity contribution in [1.29, 1.82) is 0 Å². The Hall–Kier alpha value is -2.07. The van der Waals surface area contributed by atoms with Crippen molar-refractivity contribution in [1.82, 2.24) is 4.90 Å². The van der Waals surface area contributed by atoms with Crippen molar-refractivity contribution in [2.75, 3.05) is 17.8 Å². The first kappa shape index (κ1) is 19.7. The summed E-state index contributed by atoms with van der Waals surface area (Å²) >= 11 is 1.07. The number of likely N-dealkylation sites (tertiary alicyclic amines) is 1. The van der Waals surface area contributed by atoms with Crippen LogP contribution in [0, 0.1) is 5.92 Å². The molecule has 1 amide bonds. The molecule has 0 aliphatic carbocycles. The number of thiophene rings is 1. The Labute approximate surface area is 158 Å². The number of alkyl halides is 3. The molecule has 1 N–H and O–H groups in total. The first-order valence-corrected chi connectivity index (χ1v) is 10.6. The van der Waals surface area contributed by atoms with E-state index in [1.807, 2.05) is 0 Å². The van der Waals surface area contributed by atoms with Crippen LogP contribution in [0.5, 0.6) is 0 Å². The number of nitrogens with zero attached hydrogens (tertiary/aromatic N) is 1. The van der Waals surface area contributed by atoms with Crippen molar-refractivity contribution < 1.29 is 26.4 Å². The topological polar surface area (TPSA) is 66.5 Å². The number of carbonyl (C=O) groups is 1. The van der Waals surface area contributed by atoms with E-state index in [0.29, 0.717) is 6.42 Å². The van der Waals surface area contributed by atoms with Gasteiger partial charge in [0.05, 0.1) is 5.92 Å². The average molecular weight is 418 g/mol. The third-order valence-corrected chi connectivity index (χ3v) is 7.09. The lowest BCUT2D eigenvalue weighted by molar-refractivity contribution is -0.184. The lowest BCUT2D eigenvalue weighted by Crippen LogP contribution is -2.44. The minimum absolute atomic E-state index is 0.0245. The highest BCUT2D eigenvalue weighted by Gasteiger charge is 2.42. The third-order valence-electron chi connectivity index (χ3n) is 4.32. The third kappa shape index (κ3) is 4.62. The zero-order valence-electron chi connectivity index (χ0n) is 14.1. The monoisotopic (exact) mass is 418 g/mol. The fourth-order valence-electron chi connectivity index (χ4n) is 2.91. The molecule has 2 heterocycles. The molecule has 2 aromatic rings. The second kappa shape index (κ2) is 7.51. The number of hydrogen-bond donors (Lipinski definition) is 1. The van der Waals surface area contributed by atoms with Gasteiger partial charge in [-0.15, -0.1) is 11.3 Å². The summed E-state index contributed by atoms with van der Waals surface area (Å²) in [5.41, 5.74) is 0.489. The van der Waals surface area contributed by atoms with Crippen molar-refractivity contribution in [3.8, 4) is 0 Å². The van der Waals surface area contributed by atoms with Crippen LogP contribution in [0.1, 0.15) is 23.2 Å². The molecule has 5 nitrogen and oxygen atoms in total. The highest BCUT2D eigenvalue weighted by molar-refractivity contribution is 7.94. The van der Waals surface area contributed by atoms with Crippen LogP contribution in [-0.2, 0) is 10.0 Å². The molecule has 1 aliphatic heterocycles. The molecule has 1 atom stereocenters. The average Bonchev–Trinajstić information content (AvgIpc) is 3.17. The van der Waals surface area contributed by atoms with Gasteiger partial charge >= 0.3 is 6.18 Å². The molecule has 146 valence electrons. The van der Waals surface area contributed by atoms with E-state index in [-0.39, 0.29) is 35.0 Å². The standard InChI is InChI=1S/C17H17F3N2O3S2/c18-17(19,20)13-3-1-9-22(11-13)16(23)12-5-7-14(8-6-12)21-27(24,25)15-4-2-10-26-15/h2,4-8,10,13,21H,1,3,9,11H2. The van der Waals surface area contributed by atoms with Crippen LogP contribution in [0.2, 0.25) is 0 Å². The quantitative estimate of drug-likeness (QED) is 0.817. The van der Waals surface area contributed by atoms with Gasteiger partial charge in [-0.25, -0.2) is 8.42 Å². The number of benzene rings is 1. The molecule has 1 saturated heterocycles. The number of anilines is 1. The summed E-state index contributed by atoms with van der Waals surface area (Å²) in [6.07, 6.45) is -3.99. The lowest BCUT2D eigenvalue weighted by Gasteiger charge is -2.33. The lowest BCUT2D eigenvalue weighted by atomic mass is 9.97. The zero-order chi connectivity index (χ0) is 19.7. The highest BCUT2D eigenvalue weighted by atomic mass is 32.2. The SMILES string of the molecule is O=C(c1ccc(NS(=O)(=O)c2cccs2)cc1)N1CCCC(C(F)(F)F)C1. The number of rotatable bonds is 4. The van der Waals surface area contributed by atoms with Crippen LogP contribution in [-0.4, -0.2) is 38.5 Å². The maximum Gasteiger partial charge on any atom is 0.393 e. The van der Waals surface area contributed by atoms with Gasteiger partial charge in [0.1, 0.15) is 4.21 Å². The van der Waals surface area contributed by atoms with E-state index in [2.05, 4.69) is 4.72 Å². The number of hydrogen-bond acceptors (Lipinski definition) is 4. The molecular weight excluding hydrogens is 401 g/mol. The van der Waals surface area contributed by atoms with E-state index in [1.165, 1.54) is 35.2 Å². The molecule has 1 fully saturated rings. The van der Waals surface area contributed by atoms with Crippen LogP contribution in [0.3, 0.4) is 0 Å². The number of sulfonamides is 1. The maximum atomic E-state index is 12.9. The van der Waals surface area contributed by atoms with Gasteiger partial charge in [-0.05, 0) is 48.6 Å². The fraction of sp³-hybridized carbons (Fsp3) is 0.353. The summed E-state index contributed by atoms with van der Waals surface area (Å²) in [4.78, 5) is 13.7. The minimum atomic E-state index is -4.32. The molecule has 1 aromatic heterocycles. The molecule has 0 spiro atoms. The van der Waals surface area contributed by atoms with Crippen LogP contribution < -0.4 is 4.72 Å². The zero-order valence-corrected chi connectivity index (χ0v) is 15.7. The van der Waals surface area contributed by atoms with Gasteiger partial charge in [0.2, 0.25) is 0 Å². The van der Waals surface area contributed by atoms with E-state index >= 15 is 0 Å². The van der Waals surface area contributed by atoms with Crippen LogP contribution in [0.25, 0.3) is 0 Å². The Bertz CT molecular complexity index is 895. The molecule has 3 rings (SSSR count). The van der Waals surface area contributed by atoms with Gasteiger partial charge in [-0.3, -0.25) is 9.52 Å². The maximum absolute atomic E-state index is 12.9. The van der Waals surface area contributed by atoms with E-state index in [0.717, 1.165) is 11.3 Å². The molecule has 10 heteroatoms. The van der Waals surface area contributed by atoms with Gasteiger partial charge in [0, 0.05) is 24.3 Å².